The fourth-order valence-corrected chi connectivity index (χ4v) is 9.28. The average Bonchev–Trinajstić information content (AvgIpc) is 2.93. The summed E-state index contributed by atoms with van der Waals surface area (Å²) < 4.78 is 12.3. The standard InChI is InChI=1S/C25H39NO3Si/c1-17(27)28-19-9-12-23(2)18(15-19)7-8-20-21(23)10-13-24(3)22(20)11-14-25(24,16-26)29-30(4,5)6/h7,19-22H,8-15H2,1-6H3/t19-,20+,21-,22-,23-,24-,25-/m0/s1. The maximum atomic E-state index is 11.5. The number of nitriles is 1. The van der Waals surface area contributed by atoms with Crippen LogP contribution in [0.3, 0.4) is 0 Å². The molecule has 0 aromatic rings. The van der Waals surface area contributed by atoms with E-state index in [4.69, 9.17) is 9.16 Å². The Kier molecular flexibility index (Phi) is 5.30. The van der Waals surface area contributed by atoms with Gasteiger partial charge in [-0.3, -0.25) is 4.79 Å². The number of hydrogen-bond acceptors (Lipinski definition) is 4. The zero-order chi connectivity index (χ0) is 21.9. The molecular weight excluding hydrogens is 390 g/mol. The summed E-state index contributed by atoms with van der Waals surface area (Å²) in [6, 6.07) is 2.71. The molecule has 4 rings (SSSR count). The molecule has 0 N–H and O–H groups in total. The van der Waals surface area contributed by atoms with E-state index in [9.17, 15) is 10.1 Å². The highest BCUT2D eigenvalue weighted by Crippen LogP contribution is 2.68. The quantitative estimate of drug-likeness (QED) is 0.314. The second-order valence-corrected chi connectivity index (χ2v) is 16.3. The van der Waals surface area contributed by atoms with Gasteiger partial charge in [-0.1, -0.05) is 25.5 Å². The van der Waals surface area contributed by atoms with Gasteiger partial charge in [0, 0.05) is 18.8 Å². The largest absolute Gasteiger partial charge is 0.462 e. The minimum absolute atomic E-state index is 0.0418. The van der Waals surface area contributed by atoms with Crippen LogP contribution >= 0.6 is 0 Å². The number of carbonyl (C=O) groups excluding carboxylic acids is 1. The Balaban J connectivity index is 1.61. The summed E-state index contributed by atoms with van der Waals surface area (Å²) in [5.41, 5.74) is 1.09. The topological polar surface area (TPSA) is 59.3 Å². The summed E-state index contributed by atoms with van der Waals surface area (Å²) >= 11 is 0. The maximum absolute atomic E-state index is 11.5. The Hall–Kier alpha value is -1.12. The Morgan fingerprint density at radius 3 is 2.47 bits per heavy atom. The van der Waals surface area contributed by atoms with Crippen LogP contribution in [-0.2, 0) is 14.0 Å². The second kappa shape index (κ2) is 7.20. The van der Waals surface area contributed by atoms with Crippen molar-refractivity contribution in [1.82, 2.24) is 0 Å². The van der Waals surface area contributed by atoms with Gasteiger partial charge in [0.1, 0.15) is 11.7 Å². The van der Waals surface area contributed by atoms with E-state index < -0.39 is 13.9 Å². The van der Waals surface area contributed by atoms with Crippen molar-refractivity contribution in [3.8, 4) is 6.07 Å². The fourth-order valence-electron chi connectivity index (χ4n) is 7.86. The van der Waals surface area contributed by atoms with Gasteiger partial charge in [0.25, 0.3) is 0 Å². The first kappa shape index (κ1) is 22.1. The van der Waals surface area contributed by atoms with Gasteiger partial charge in [-0.05, 0) is 87.8 Å². The summed E-state index contributed by atoms with van der Waals surface area (Å²) in [4.78, 5) is 11.5. The van der Waals surface area contributed by atoms with Gasteiger partial charge in [0.05, 0.1) is 6.07 Å². The van der Waals surface area contributed by atoms with Crippen LogP contribution in [0.15, 0.2) is 11.6 Å². The predicted octanol–water partition coefficient (Wildman–Crippen LogP) is 5.99. The predicted molar refractivity (Wildman–Crippen MR) is 120 cm³/mol. The Labute approximate surface area is 183 Å². The smallest absolute Gasteiger partial charge is 0.302 e. The molecule has 0 radical (unpaired) electrons. The number of allylic oxidation sites excluding steroid dienone is 1. The molecule has 0 saturated heterocycles. The number of carbonyl (C=O) groups is 1. The van der Waals surface area contributed by atoms with Crippen molar-refractivity contribution in [2.75, 3.05) is 0 Å². The first-order valence-corrected chi connectivity index (χ1v) is 15.3. The molecule has 3 fully saturated rings. The lowest BCUT2D eigenvalue weighted by atomic mass is 9.47. The van der Waals surface area contributed by atoms with E-state index in [0.29, 0.717) is 17.8 Å². The number of fused-ring (bicyclic) bond motifs is 5. The van der Waals surface area contributed by atoms with Crippen molar-refractivity contribution in [2.45, 2.75) is 103 Å². The molecule has 166 valence electrons. The van der Waals surface area contributed by atoms with Crippen LogP contribution in [0.2, 0.25) is 19.6 Å². The molecule has 3 saturated carbocycles. The van der Waals surface area contributed by atoms with E-state index in [2.05, 4.69) is 45.6 Å². The summed E-state index contributed by atoms with van der Waals surface area (Å²) in [5, 5.41) is 10.3. The van der Waals surface area contributed by atoms with Gasteiger partial charge >= 0.3 is 5.97 Å². The molecule has 0 aromatic heterocycles. The van der Waals surface area contributed by atoms with Gasteiger partial charge in [0.15, 0.2) is 8.32 Å². The van der Waals surface area contributed by atoms with Crippen molar-refractivity contribution in [3.63, 3.8) is 0 Å². The minimum Gasteiger partial charge on any atom is -0.462 e. The van der Waals surface area contributed by atoms with Gasteiger partial charge < -0.3 is 9.16 Å². The lowest BCUT2D eigenvalue weighted by molar-refractivity contribution is -0.149. The van der Waals surface area contributed by atoms with Crippen LogP contribution in [0.1, 0.15) is 72.1 Å². The first-order chi connectivity index (χ1) is 13.9. The van der Waals surface area contributed by atoms with Crippen LogP contribution in [0.5, 0.6) is 0 Å². The molecule has 0 heterocycles. The van der Waals surface area contributed by atoms with E-state index in [-0.39, 0.29) is 22.9 Å². The molecule has 0 aromatic carbocycles. The van der Waals surface area contributed by atoms with E-state index in [1.54, 1.807) is 0 Å². The molecule has 0 spiro atoms. The minimum atomic E-state index is -1.82. The van der Waals surface area contributed by atoms with E-state index in [1.807, 2.05) is 0 Å². The van der Waals surface area contributed by atoms with Gasteiger partial charge in [-0.25, -0.2) is 0 Å². The number of hydrogen-bond donors (Lipinski definition) is 0. The van der Waals surface area contributed by atoms with Crippen LogP contribution in [-0.4, -0.2) is 26.0 Å². The lowest BCUT2D eigenvalue weighted by Crippen LogP contribution is -2.57. The first-order valence-electron chi connectivity index (χ1n) is 11.9. The SMILES string of the molecule is CC(=O)O[C@H]1CC[C@@]2(C)C(=CC[C@@H]3[C@@H]2CC[C@@]2(C)[C@H]3CC[C@@]2(C#N)O[Si](C)(C)C)C1. The van der Waals surface area contributed by atoms with Crippen LogP contribution in [0.4, 0.5) is 0 Å². The number of rotatable bonds is 3. The zero-order valence-electron chi connectivity index (χ0n) is 19.7. The Morgan fingerprint density at radius 1 is 1.13 bits per heavy atom. The second-order valence-electron chi connectivity index (χ2n) is 11.9. The molecule has 4 aliphatic rings. The van der Waals surface area contributed by atoms with E-state index in [0.717, 1.165) is 44.9 Å². The molecule has 0 unspecified atom stereocenters. The normalized spacial score (nSPS) is 45.4. The maximum Gasteiger partial charge on any atom is 0.302 e. The summed E-state index contributed by atoms with van der Waals surface area (Å²) in [6.07, 6.45) is 10.9. The van der Waals surface area contributed by atoms with Gasteiger partial charge in [0.2, 0.25) is 0 Å². The van der Waals surface area contributed by atoms with Crippen LogP contribution in [0.25, 0.3) is 0 Å². The van der Waals surface area contributed by atoms with Crippen LogP contribution in [0, 0.1) is 39.9 Å². The third-order valence-corrected chi connectivity index (χ3v) is 10.1. The van der Waals surface area contributed by atoms with Crippen molar-refractivity contribution < 1.29 is 14.0 Å². The highest BCUT2D eigenvalue weighted by Gasteiger charge is 2.65. The third-order valence-electron chi connectivity index (χ3n) is 9.17. The number of ether oxygens (including phenoxy) is 1. The average molecular weight is 430 g/mol. The Bertz CT molecular complexity index is 795. The van der Waals surface area contributed by atoms with Gasteiger partial charge in [-0.15, -0.1) is 0 Å². The molecule has 4 aliphatic carbocycles. The molecule has 4 nitrogen and oxygen atoms in total. The Morgan fingerprint density at radius 2 is 1.83 bits per heavy atom. The van der Waals surface area contributed by atoms with Crippen LogP contribution < -0.4 is 0 Å². The number of nitrogens with zero attached hydrogens (tertiary/aromatic N) is 1. The van der Waals surface area contributed by atoms with Crippen molar-refractivity contribution in [2.24, 2.45) is 28.6 Å². The summed E-state index contributed by atoms with van der Waals surface area (Å²) in [7, 11) is -1.82. The monoisotopic (exact) mass is 429 g/mol. The molecule has 0 amide bonds. The molecule has 0 aliphatic heterocycles. The molecule has 30 heavy (non-hydrogen) atoms. The van der Waals surface area contributed by atoms with Gasteiger partial charge in [-0.2, -0.15) is 5.26 Å². The third kappa shape index (κ3) is 3.30. The van der Waals surface area contributed by atoms with Crippen molar-refractivity contribution in [3.05, 3.63) is 11.6 Å². The lowest BCUT2D eigenvalue weighted by Gasteiger charge is -2.59. The highest BCUT2D eigenvalue weighted by molar-refractivity contribution is 6.69. The summed E-state index contributed by atoms with van der Waals surface area (Å²) in [6.45, 7) is 13.0. The molecular formula is C25H39NO3Si. The molecule has 7 atom stereocenters. The van der Waals surface area contributed by atoms with E-state index >= 15 is 0 Å². The molecule has 5 heteroatoms. The zero-order valence-corrected chi connectivity index (χ0v) is 20.7. The highest BCUT2D eigenvalue weighted by atomic mass is 28.4. The van der Waals surface area contributed by atoms with Crippen molar-refractivity contribution >= 4 is 14.3 Å². The van der Waals surface area contributed by atoms with E-state index in [1.165, 1.54) is 18.9 Å². The van der Waals surface area contributed by atoms with Crippen molar-refractivity contribution in [1.29, 1.82) is 5.26 Å². The summed E-state index contributed by atoms with van der Waals surface area (Å²) in [5.74, 6) is 1.72. The number of esters is 1. The molecule has 0 bridgehead atoms. The fraction of sp³-hybridized carbons (Fsp3) is 0.840.